The number of nitrogens with one attached hydrogen (secondary N) is 1. The number of hydrogen-bond acceptors (Lipinski definition) is 2. The maximum atomic E-state index is 5.48. The molecule has 0 saturated heterocycles. The predicted octanol–water partition coefficient (Wildman–Crippen LogP) is 2.68. The second-order valence-corrected chi connectivity index (χ2v) is 3.87. The van der Waals surface area contributed by atoms with Gasteiger partial charge in [-0.25, -0.2) is 0 Å². The summed E-state index contributed by atoms with van der Waals surface area (Å²) in [6, 6.07) is 8.73. The predicted molar refractivity (Wildman–Crippen MR) is 57.2 cm³/mol. The van der Waals surface area contributed by atoms with Crippen LogP contribution in [0.15, 0.2) is 24.3 Å². The van der Waals surface area contributed by atoms with E-state index in [-0.39, 0.29) is 0 Å². The summed E-state index contributed by atoms with van der Waals surface area (Å²) in [5.74, 6) is 0.986. The van der Waals surface area contributed by atoms with Crippen LogP contribution in [0.4, 0.5) is 0 Å². The highest BCUT2D eigenvalue weighted by atomic mass is 16.6. The van der Waals surface area contributed by atoms with E-state index in [4.69, 9.17) is 4.84 Å². The van der Waals surface area contributed by atoms with Gasteiger partial charge in [0.2, 0.25) is 0 Å². The second kappa shape index (κ2) is 4.47. The van der Waals surface area contributed by atoms with Gasteiger partial charge in [0.25, 0.3) is 0 Å². The van der Waals surface area contributed by atoms with Crippen LogP contribution in [-0.2, 0) is 6.42 Å². The molecule has 1 aromatic carbocycles. The molecule has 0 aromatic heterocycles. The molecule has 76 valence electrons. The van der Waals surface area contributed by atoms with E-state index in [0.29, 0.717) is 6.04 Å². The Kier molecular flexibility index (Phi) is 3.04. The third-order valence-corrected chi connectivity index (χ3v) is 2.68. The molecule has 14 heavy (non-hydrogen) atoms. The number of unbranched alkanes of at least 4 members (excludes halogenated alkanes) is 1. The Morgan fingerprint density at radius 2 is 2.29 bits per heavy atom. The summed E-state index contributed by atoms with van der Waals surface area (Å²) in [6.45, 7) is 2.22. The molecule has 0 radical (unpaired) electrons. The minimum absolute atomic E-state index is 0.491. The highest BCUT2D eigenvalue weighted by Gasteiger charge is 2.17. The molecule has 2 rings (SSSR count). The second-order valence-electron chi connectivity index (χ2n) is 3.87. The van der Waals surface area contributed by atoms with E-state index in [1.54, 1.807) is 0 Å². The summed E-state index contributed by atoms with van der Waals surface area (Å²) in [5.41, 5.74) is 4.44. The van der Waals surface area contributed by atoms with Crippen LogP contribution >= 0.6 is 0 Å². The van der Waals surface area contributed by atoms with Crippen molar-refractivity contribution >= 4 is 0 Å². The minimum atomic E-state index is 0.491. The highest BCUT2D eigenvalue weighted by Crippen LogP contribution is 2.23. The lowest BCUT2D eigenvalue weighted by Gasteiger charge is -2.25. The molecule has 2 nitrogen and oxygen atoms in total. The molecule has 0 aliphatic carbocycles. The smallest absolute Gasteiger partial charge is 0.150 e. The molecule has 1 aromatic rings. The third-order valence-electron chi connectivity index (χ3n) is 2.68. The first-order chi connectivity index (χ1) is 6.90. The molecule has 0 bridgehead atoms. The summed E-state index contributed by atoms with van der Waals surface area (Å²) >= 11 is 0. The van der Waals surface area contributed by atoms with Crippen molar-refractivity contribution < 1.29 is 4.84 Å². The zero-order valence-corrected chi connectivity index (χ0v) is 8.62. The average Bonchev–Trinajstić information content (AvgIpc) is 2.26. The van der Waals surface area contributed by atoms with Crippen LogP contribution in [0.2, 0.25) is 0 Å². The van der Waals surface area contributed by atoms with Crippen LogP contribution in [0.25, 0.3) is 0 Å². The van der Waals surface area contributed by atoms with Crippen molar-refractivity contribution in [2.24, 2.45) is 0 Å². The minimum Gasteiger partial charge on any atom is -0.408 e. The van der Waals surface area contributed by atoms with Gasteiger partial charge in [-0.1, -0.05) is 38.0 Å². The van der Waals surface area contributed by atoms with Crippen LogP contribution in [0.1, 0.15) is 31.7 Å². The van der Waals surface area contributed by atoms with Gasteiger partial charge >= 0.3 is 0 Å². The average molecular weight is 191 g/mol. The number of para-hydroxylation sites is 1. The molecule has 0 fully saturated rings. The summed E-state index contributed by atoms with van der Waals surface area (Å²) in [6.07, 6.45) is 4.81. The van der Waals surface area contributed by atoms with Crippen molar-refractivity contribution in [2.75, 3.05) is 0 Å². The van der Waals surface area contributed by atoms with E-state index in [0.717, 1.165) is 12.2 Å². The Balaban J connectivity index is 1.99. The van der Waals surface area contributed by atoms with E-state index in [2.05, 4.69) is 24.5 Å². The van der Waals surface area contributed by atoms with Gasteiger partial charge in [-0.3, -0.25) is 0 Å². The SMILES string of the molecule is CCCCC1Cc2ccccc2ON1. The fourth-order valence-electron chi connectivity index (χ4n) is 1.84. The van der Waals surface area contributed by atoms with E-state index < -0.39 is 0 Å². The van der Waals surface area contributed by atoms with Crippen LogP contribution in [0.5, 0.6) is 5.75 Å². The number of benzene rings is 1. The summed E-state index contributed by atoms with van der Waals surface area (Å²) in [7, 11) is 0. The summed E-state index contributed by atoms with van der Waals surface area (Å²) < 4.78 is 0. The molecule has 0 spiro atoms. The topological polar surface area (TPSA) is 21.3 Å². The van der Waals surface area contributed by atoms with E-state index in [9.17, 15) is 0 Å². The first-order valence-electron chi connectivity index (χ1n) is 5.40. The lowest BCUT2D eigenvalue weighted by atomic mass is 10.00. The van der Waals surface area contributed by atoms with Crippen molar-refractivity contribution in [2.45, 2.75) is 38.6 Å². The molecule has 1 heterocycles. The molecule has 0 saturated carbocycles. The molecule has 1 atom stereocenters. The monoisotopic (exact) mass is 191 g/mol. The van der Waals surface area contributed by atoms with Crippen molar-refractivity contribution in [3.05, 3.63) is 29.8 Å². The highest BCUT2D eigenvalue weighted by molar-refractivity contribution is 5.34. The Bertz CT molecular complexity index is 298. The Morgan fingerprint density at radius 3 is 3.14 bits per heavy atom. The fraction of sp³-hybridized carbons (Fsp3) is 0.500. The van der Waals surface area contributed by atoms with Gasteiger partial charge in [-0.05, 0) is 24.5 Å². The van der Waals surface area contributed by atoms with Gasteiger partial charge in [0, 0.05) is 6.04 Å². The van der Waals surface area contributed by atoms with E-state index >= 15 is 0 Å². The quantitative estimate of drug-likeness (QED) is 0.793. The number of fused-ring (bicyclic) bond motifs is 1. The van der Waals surface area contributed by atoms with Gasteiger partial charge in [0.1, 0.15) is 5.75 Å². The number of rotatable bonds is 3. The zero-order chi connectivity index (χ0) is 9.80. The Labute approximate surface area is 85.2 Å². The maximum Gasteiger partial charge on any atom is 0.150 e. The standard InChI is InChI=1S/C12H17NO/c1-2-3-7-11-9-10-6-4-5-8-12(10)14-13-11/h4-6,8,11,13H,2-3,7,9H2,1H3. The van der Waals surface area contributed by atoms with Gasteiger partial charge < -0.3 is 4.84 Å². The maximum absolute atomic E-state index is 5.48. The molecule has 0 amide bonds. The van der Waals surface area contributed by atoms with E-state index in [1.165, 1.54) is 24.8 Å². The molecular formula is C12H17NO. The van der Waals surface area contributed by atoms with Crippen molar-refractivity contribution in [1.82, 2.24) is 5.48 Å². The molecule has 1 N–H and O–H groups in total. The Hall–Kier alpha value is -1.02. The third kappa shape index (κ3) is 2.07. The summed E-state index contributed by atoms with van der Waals surface area (Å²) in [5, 5.41) is 0. The molecule has 1 unspecified atom stereocenters. The number of hydrogen-bond donors (Lipinski definition) is 1. The molecule has 1 aliphatic heterocycles. The first-order valence-corrected chi connectivity index (χ1v) is 5.40. The summed E-state index contributed by atoms with van der Waals surface area (Å²) in [4.78, 5) is 5.48. The van der Waals surface area contributed by atoms with Crippen molar-refractivity contribution in [3.63, 3.8) is 0 Å². The zero-order valence-electron chi connectivity index (χ0n) is 8.62. The van der Waals surface area contributed by atoms with Crippen LogP contribution < -0.4 is 10.3 Å². The van der Waals surface area contributed by atoms with Gasteiger partial charge in [-0.2, -0.15) is 5.48 Å². The van der Waals surface area contributed by atoms with Gasteiger partial charge in [-0.15, -0.1) is 0 Å². The number of hydroxylamine groups is 1. The van der Waals surface area contributed by atoms with Gasteiger partial charge in [0.05, 0.1) is 0 Å². The van der Waals surface area contributed by atoms with Crippen LogP contribution in [-0.4, -0.2) is 6.04 Å². The molecule has 1 aliphatic rings. The van der Waals surface area contributed by atoms with Crippen molar-refractivity contribution in [1.29, 1.82) is 0 Å². The molecule has 2 heteroatoms. The van der Waals surface area contributed by atoms with Crippen LogP contribution in [0.3, 0.4) is 0 Å². The lowest BCUT2D eigenvalue weighted by Crippen LogP contribution is -2.37. The largest absolute Gasteiger partial charge is 0.408 e. The van der Waals surface area contributed by atoms with E-state index in [1.807, 2.05) is 12.1 Å². The molecular weight excluding hydrogens is 174 g/mol. The lowest BCUT2D eigenvalue weighted by molar-refractivity contribution is 0.128. The van der Waals surface area contributed by atoms with Crippen molar-refractivity contribution in [3.8, 4) is 5.75 Å². The van der Waals surface area contributed by atoms with Gasteiger partial charge in [0.15, 0.2) is 0 Å². The fourth-order valence-corrected chi connectivity index (χ4v) is 1.84. The van der Waals surface area contributed by atoms with Crippen LogP contribution in [0, 0.1) is 0 Å². The first kappa shape index (κ1) is 9.53. The normalized spacial score (nSPS) is 19.9. The Morgan fingerprint density at radius 1 is 1.43 bits per heavy atom.